The lowest BCUT2D eigenvalue weighted by Gasteiger charge is -2.16. The molecule has 0 bridgehead atoms. The molecule has 3 heteroatoms. The largest absolute Gasteiger partial charge is 0.247 e. The predicted octanol–water partition coefficient (Wildman–Crippen LogP) is 3.56. The number of hydrogen-bond acceptors (Lipinski definition) is 2. The molecule has 0 aromatic carbocycles. The zero-order chi connectivity index (χ0) is 9.47. The summed E-state index contributed by atoms with van der Waals surface area (Å²) in [6.45, 7) is 4.33. The molecule has 0 radical (unpaired) electrons. The molecule has 0 aliphatic heterocycles. The van der Waals surface area contributed by atoms with Crippen molar-refractivity contribution in [2.75, 3.05) is 0 Å². The SMILES string of the molecule is Cc1nc(CC2(C(C)Br)CC2)cs1. The summed E-state index contributed by atoms with van der Waals surface area (Å²) in [5, 5.41) is 3.39. The van der Waals surface area contributed by atoms with E-state index in [4.69, 9.17) is 0 Å². The van der Waals surface area contributed by atoms with Gasteiger partial charge < -0.3 is 0 Å². The van der Waals surface area contributed by atoms with Crippen molar-refractivity contribution in [3.63, 3.8) is 0 Å². The number of thiazole rings is 1. The first-order chi connectivity index (χ1) is 6.12. The number of alkyl halides is 1. The second kappa shape index (κ2) is 3.35. The number of halogens is 1. The molecule has 2 rings (SSSR count). The van der Waals surface area contributed by atoms with Crippen LogP contribution in [0.1, 0.15) is 30.5 Å². The lowest BCUT2D eigenvalue weighted by atomic mass is 9.98. The van der Waals surface area contributed by atoms with Gasteiger partial charge in [0.15, 0.2) is 0 Å². The van der Waals surface area contributed by atoms with Gasteiger partial charge in [0.2, 0.25) is 0 Å². The minimum atomic E-state index is 0.528. The van der Waals surface area contributed by atoms with Crippen molar-refractivity contribution < 1.29 is 0 Å². The molecule has 1 aromatic heterocycles. The minimum Gasteiger partial charge on any atom is -0.247 e. The summed E-state index contributed by atoms with van der Waals surface area (Å²) >= 11 is 5.46. The van der Waals surface area contributed by atoms with Gasteiger partial charge >= 0.3 is 0 Å². The predicted molar refractivity (Wildman–Crippen MR) is 60.6 cm³/mol. The molecular weight excluding hydrogens is 246 g/mol. The van der Waals surface area contributed by atoms with Crippen LogP contribution in [0.5, 0.6) is 0 Å². The molecule has 1 unspecified atom stereocenters. The monoisotopic (exact) mass is 259 g/mol. The fourth-order valence-corrected chi connectivity index (χ4v) is 2.96. The fraction of sp³-hybridized carbons (Fsp3) is 0.700. The number of hydrogen-bond donors (Lipinski definition) is 0. The fourth-order valence-electron chi connectivity index (χ4n) is 1.73. The van der Waals surface area contributed by atoms with Crippen LogP contribution in [-0.2, 0) is 6.42 Å². The Kier molecular flexibility index (Phi) is 2.49. The topological polar surface area (TPSA) is 12.9 Å². The second-order valence-corrected chi connectivity index (χ2v) is 6.45. The van der Waals surface area contributed by atoms with Crippen molar-refractivity contribution in [2.24, 2.45) is 5.41 Å². The van der Waals surface area contributed by atoms with Crippen LogP contribution in [0.15, 0.2) is 5.38 Å². The van der Waals surface area contributed by atoms with E-state index in [-0.39, 0.29) is 0 Å². The van der Waals surface area contributed by atoms with Crippen LogP contribution in [0.4, 0.5) is 0 Å². The van der Waals surface area contributed by atoms with Crippen LogP contribution in [0.3, 0.4) is 0 Å². The Hall–Kier alpha value is 0.110. The van der Waals surface area contributed by atoms with Crippen molar-refractivity contribution in [3.05, 3.63) is 16.1 Å². The highest BCUT2D eigenvalue weighted by Gasteiger charge is 2.46. The van der Waals surface area contributed by atoms with Gasteiger partial charge in [-0.25, -0.2) is 4.98 Å². The van der Waals surface area contributed by atoms with Crippen molar-refractivity contribution in [1.82, 2.24) is 4.98 Å². The van der Waals surface area contributed by atoms with Crippen LogP contribution < -0.4 is 0 Å². The van der Waals surface area contributed by atoms with E-state index in [0.717, 1.165) is 6.42 Å². The number of aryl methyl sites for hydroxylation is 1. The average Bonchev–Trinajstić information content (AvgIpc) is 2.72. The smallest absolute Gasteiger partial charge is 0.0897 e. The molecule has 0 spiro atoms. The molecule has 1 nitrogen and oxygen atoms in total. The molecule has 1 heterocycles. The summed E-state index contributed by atoms with van der Waals surface area (Å²) in [6.07, 6.45) is 3.87. The van der Waals surface area contributed by atoms with Gasteiger partial charge in [0.05, 0.1) is 10.7 Å². The van der Waals surface area contributed by atoms with Crippen molar-refractivity contribution >= 4 is 27.3 Å². The van der Waals surface area contributed by atoms with E-state index >= 15 is 0 Å². The van der Waals surface area contributed by atoms with Gasteiger partial charge in [-0.15, -0.1) is 11.3 Å². The molecule has 1 aliphatic carbocycles. The normalized spacial score (nSPS) is 21.5. The third kappa shape index (κ3) is 1.96. The van der Waals surface area contributed by atoms with E-state index in [1.807, 2.05) is 0 Å². The first kappa shape index (κ1) is 9.66. The molecule has 0 N–H and O–H groups in total. The molecule has 72 valence electrons. The Labute approximate surface area is 91.7 Å². The molecule has 1 aromatic rings. The highest BCUT2D eigenvalue weighted by atomic mass is 79.9. The lowest BCUT2D eigenvalue weighted by molar-refractivity contribution is 0.503. The summed E-state index contributed by atoms with van der Waals surface area (Å²) in [5.41, 5.74) is 1.81. The number of aromatic nitrogens is 1. The Bertz CT molecular complexity index is 302. The third-order valence-electron chi connectivity index (χ3n) is 2.94. The first-order valence-electron chi connectivity index (χ1n) is 4.67. The molecular formula is C10H14BrNS. The molecule has 0 saturated heterocycles. The summed E-state index contributed by atoms with van der Waals surface area (Å²) < 4.78 is 0. The Morgan fingerprint density at radius 2 is 2.38 bits per heavy atom. The van der Waals surface area contributed by atoms with Gasteiger partial charge in [-0.3, -0.25) is 0 Å². The summed E-state index contributed by atoms with van der Waals surface area (Å²) in [5.74, 6) is 0. The van der Waals surface area contributed by atoms with Gasteiger partial charge in [0, 0.05) is 10.2 Å². The second-order valence-electron chi connectivity index (χ2n) is 4.01. The maximum absolute atomic E-state index is 4.52. The van der Waals surface area contributed by atoms with Crippen LogP contribution in [0.25, 0.3) is 0 Å². The minimum absolute atomic E-state index is 0.528. The number of nitrogens with zero attached hydrogens (tertiary/aromatic N) is 1. The average molecular weight is 260 g/mol. The number of rotatable bonds is 3. The third-order valence-corrected chi connectivity index (χ3v) is 4.73. The van der Waals surface area contributed by atoms with E-state index in [0.29, 0.717) is 10.2 Å². The molecule has 1 fully saturated rings. The molecule has 1 atom stereocenters. The van der Waals surface area contributed by atoms with Crippen molar-refractivity contribution in [3.8, 4) is 0 Å². The van der Waals surface area contributed by atoms with Gasteiger partial charge in [-0.2, -0.15) is 0 Å². The van der Waals surface area contributed by atoms with E-state index < -0.39 is 0 Å². The first-order valence-corrected chi connectivity index (χ1v) is 6.47. The van der Waals surface area contributed by atoms with Crippen LogP contribution in [0.2, 0.25) is 0 Å². The van der Waals surface area contributed by atoms with Gasteiger partial charge in [-0.1, -0.05) is 22.9 Å². The summed E-state index contributed by atoms with van der Waals surface area (Å²) in [4.78, 5) is 5.14. The van der Waals surface area contributed by atoms with Crippen LogP contribution in [-0.4, -0.2) is 9.81 Å². The summed E-state index contributed by atoms with van der Waals surface area (Å²) in [7, 11) is 0. The maximum Gasteiger partial charge on any atom is 0.0897 e. The van der Waals surface area contributed by atoms with Gasteiger partial charge in [0.1, 0.15) is 0 Å². The molecule has 13 heavy (non-hydrogen) atoms. The zero-order valence-corrected chi connectivity index (χ0v) is 10.4. The Morgan fingerprint density at radius 3 is 2.77 bits per heavy atom. The van der Waals surface area contributed by atoms with Crippen LogP contribution in [0, 0.1) is 12.3 Å². The van der Waals surface area contributed by atoms with E-state index in [1.54, 1.807) is 11.3 Å². The highest BCUT2D eigenvalue weighted by Crippen LogP contribution is 2.53. The Morgan fingerprint density at radius 1 is 1.69 bits per heavy atom. The summed E-state index contributed by atoms with van der Waals surface area (Å²) in [6, 6.07) is 0. The van der Waals surface area contributed by atoms with Gasteiger partial charge in [-0.05, 0) is 31.6 Å². The lowest BCUT2D eigenvalue weighted by Crippen LogP contribution is -2.15. The van der Waals surface area contributed by atoms with E-state index in [2.05, 4.69) is 40.1 Å². The van der Waals surface area contributed by atoms with Crippen molar-refractivity contribution in [1.29, 1.82) is 0 Å². The van der Waals surface area contributed by atoms with E-state index in [1.165, 1.54) is 23.5 Å². The zero-order valence-electron chi connectivity index (χ0n) is 8.01. The van der Waals surface area contributed by atoms with Gasteiger partial charge in [0.25, 0.3) is 0 Å². The maximum atomic E-state index is 4.52. The highest BCUT2D eigenvalue weighted by molar-refractivity contribution is 9.09. The molecule has 1 aliphatic rings. The standard InChI is InChI=1S/C10H14BrNS/c1-7(11)10(3-4-10)5-9-6-13-8(2)12-9/h6-7H,3-5H2,1-2H3. The molecule has 1 saturated carbocycles. The quantitative estimate of drug-likeness (QED) is 0.757. The van der Waals surface area contributed by atoms with E-state index in [9.17, 15) is 0 Å². The van der Waals surface area contributed by atoms with Crippen LogP contribution >= 0.6 is 27.3 Å². The Balaban J connectivity index is 2.06. The molecule has 0 amide bonds. The van der Waals surface area contributed by atoms with Crippen molar-refractivity contribution in [2.45, 2.75) is 37.9 Å².